The molecule has 0 saturated heterocycles. The Labute approximate surface area is 106 Å². The van der Waals surface area contributed by atoms with Crippen LogP contribution in [0.25, 0.3) is 11.0 Å². The van der Waals surface area contributed by atoms with E-state index in [1.807, 2.05) is 38.1 Å². The Morgan fingerprint density at radius 1 is 1.39 bits per heavy atom. The fourth-order valence-corrected chi connectivity index (χ4v) is 1.94. The lowest BCUT2D eigenvalue weighted by Crippen LogP contribution is -2.30. The quantitative estimate of drug-likeness (QED) is 0.895. The molecule has 1 N–H and O–H groups in total. The first-order valence-corrected chi connectivity index (χ1v) is 6.26. The highest BCUT2D eigenvalue weighted by Gasteiger charge is 2.15. The van der Waals surface area contributed by atoms with Gasteiger partial charge in [-0.05, 0) is 18.1 Å². The van der Waals surface area contributed by atoms with Gasteiger partial charge in [-0.15, -0.1) is 0 Å². The topological polar surface area (TPSA) is 55.1 Å². The second kappa shape index (κ2) is 5.31. The number of para-hydroxylation sites is 2. The first-order valence-electron chi connectivity index (χ1n) is 6.26. The molecular formula is C14H18N2O2. The second-order valence-corrected chi connectivity index (χ2v) is 4.65. The average Bonchev–Trinajstić information content (AvgIpc) is 2.41. The van der Waals surface area contributed by atoms with Crippen LogP contribution in [-0.4, -0.2) is 20.8 Å². The number of hydrogen-bond donors (Lipinski definition) is 1. The van der Waals surface area contributed by atoms with Gasteiger partial charge in [0, 0.05) is 0 Å². The molecule has 0 saturated carbocycles. The summed E-state index contributed by atoms with van der Waals surface area (Å²) in [5, 5.41) is 10.1. The Kier molecular flexibility index (Phi) is 3.77. The van der Waals surface area contributed by atoms with Gasteiger partial charge >= 0.3 is 0 Å². The van der Waals surface area contributed by atoms with Gasteiger partial charge in [-0.2, -0.15) is 0 Å². The molecule has 4 nitrogen and oxygen atoms in total. The van der Waals surface area contributed by atoms with Crippen LogP contribution in [0.3, 0.4) is 0 Å². The predicted molar refractivity (Wildman–Crippen MR) is 71.5 cm³/mol. The Morgan fingerprint density at radius 2 is 2.11 bits per heavy atom. The highest BCUT2D eigenvalue weighted by atomic mass is 16.3. The summed E-state index contributed by atoms with van der Waals surface area (Å²) in [5.41, 5.74) is 1.37. The van der Waals surface area contributed by atoms with Crippen molar-refractivity contribution in [2.24, 2.45) is 5.92 Å². The van der Waals surface area contributed by atoms with Gasteiger partial charge in [-0.1, -0.05) is 32.4 Å². The fraction of sp³-hybridized carbons (Fsp3) is 0.429. The molecule has 0 spiro atoms. The van der Waals surface area contributed by atoms with Gasteiger partial charge in [-0.3, -0.25) is 4.79 Å². The van der Waals surface area contributed by atoms with E-state index in [9.17, 15) is 9.90 Å². The highest BCUT2D eigenvalue weighted by Crippen LogP contribution is 2.13. The average molecular weight is 246 g/mol. The van der Waals surface area contributed by atoms with Crippen molar-refractivity contribution in [1.29, 1.82) is 0 Å². The van der Waals surface area contributed by atoms with Gasteiger partial charge in [0.1, 0.15) is 0 Å². The molecule has 2 unspecified atom stereocenters. The van der Waals surface area contributed by atoms with E-state index < -0.39 is 6.10 Å². The molecular weight excluding hydrogens is 228 g/mol. The fourth-order valence-electron chi connectivity index (χ4n) is 1.94. The van der Waals surface area contributed by atoms with E-state index in [1.165, 1.54) is 6.20 Å². The molecule has 96 valence electrons. The van der Waals surface area contributed by atoms with E-state index in [-0.39, 0.29) is 11.5 Å². The summed E-state index contributed by atoms with van der Waals surface area (Å²) in [5.74, 6) is 0.170. The van der Waals surface area contributed by atoms with Crippen LogP contribution in [0, 0.1) is 5.92 Å². The van der Waals surface area contributed by atoms with Gasteiger partial charge in [0.15, 0.2) is 0 Å². The van der Waals surface area contributed by atoms with E-state index in [0.29, 0.717) is 6.54 Å². The molecule has 0 aliphatic rings. The van der Waals surface area contributed by atoms with E-state index >= 15 is 0 Å². The summed E-state index contributed by atoms with van der Waals surface area (Å²) in [4.78, 5) is 16.0. The lowest BCUT2D eigenvalue weighted by molar-refractivity contribution is 0.0968. The van der Waals surface area contributed by atoms with Gasteiger partial charge in [0.2, 0.25) is 0 Å². The monoisotopic (exact) mass is 246 g/mol. The van der Waals surface area contributed by atoms with Crippen LogP contribution in [-0.2, 0) is 6.54 Å². The molecule has 0 fully saturated rings. The number of aromatic nitrogens is 2. The van der Waals surface area contributed by atoms with Gasteiger partial charge < -0.3 is 9.67 Å². The van der Waals surface area contributed by atoms with Crippen molar-refractivity contribution in [3.63, 3.8) is 0 Å². The van der Waals surface area contributed by atoms with Crippen LogP contribution in [0.2, 0.25) is 0 Å². The summed E-state index contributed by atoms with van der Waals surface area (Å²) in [7, 11) is 0. The number of fused-ring (bicyclic) bond motifs is 1. The number of hydrogen-bond acceptors (Lipinski definition) is 3. The Balaban J connectivity index is 2.43. The standard InChI is InChI=1S/C14H18N2O2/c1-3-10(2)13(17)9-16-12-7-5-4-6-11(12)15-8-14(16)18/h4-8,10,13,17H,3,9H2,1-2H3. The first kappa shape index (κ1) is 12.8. The van der Waals surface area contributed by atoms with Crippen molar-refractivity contribution < 1.29 is 5.11 Å². The summed E-state index contributed by atoms with van der Waals surface area (Å²) in [6.45, 7) is 4.33. The number of rotatable bonds is 4. The molecule has 2 rings (SSSR count). The van der Waals surface area contributed by atoms with Crippen molar-refractivity contribution in [3.8, 4) is 0 Å². The number of benzene rings is 1. The third-order valence-electron chi connectivity index (χ3n) is 3.42. The molecule has 18 heavy (non-hydrogen) atoms. The van der Waals surface area contributed by atoms with Crippen LogP contribution in [0.4, 0.5) is 0 Å². The normalized spacial score (nSPS) is 14.6. The molecule has 2 atom stereocenters. The Morgan fingerprint density at radius 3 is 2.83 bits per heavy atom. The van der Waals surface area contributed by atoms with Gasteiger partial charge in [-0.25, -0.2) is 4.98 Å². The van der Waals surface area contributed by atoms with Crippen LogP contribution in [0.15, 0.2) is 35.3 Å². The maximum atomic E-state index is 11.9. The van der Waals surface area contributed by atoms with E-state index in [0.717, 1.165) is 17.5 Å². The second-order valence-electron chi connectivity index (χ2n) is 4.65. The molecule has 2 aromatic rings. The lowest BCUT2D eigenvalue weighted by atomic mass is 10.0. The minimum Gasteiger partial charge on any atom is -0.391 e. The van der Waals surface area contributed by atoms with E-state index in [2.05, 4.69) is 4.98 Å². The highest BCUT2D eigenvalue weighted by molar-refractivity contribution is 5.74. The minimum atomic E-state index is -0.515. The third kappa shape index (κ3) is 2.43. The molecule has 0 aliphatic carbocycles. The molecule has 4 heteroatoms. The van der Waals surface area contributed by atoms with Crippen LogP contribution < -0.4 is 5.56 Å². The lowest BCUT2D eigenvalue weighted by Gasteiger charge is -2.19. The zero-order valence-corrected chi connectivity index (χ0v) is 10.7. The number of nitrogens with zero attached hydrogens (tertiary/aromatic N) is 2. The van der Waals surface area contributed by atoms with E-state index in [4.69, 9.17) is 0 Å². The maximum absolute atomic E-state index is 11.9. The zero-order chi connectivity index (χ0) is 13.1. The van der Waals surface area contributed by atoms with Crippen LogP contribution >= 0.6 is 0 Å². The first-order chi connectivity index (χ1) is 8.63. The van der Waals surface area contributed by atoms with Crippen molar-refractivity contribution in [3.05, 3.63) is 40.8 Å². The Bertz CT molecular complexity index is 592. The van der Waals surface area contributed by atoms with Crippen molar-refractivity contribution >= 4 is 11.0 Å². The third-order valence-corrected chi connectivity index (χ3v) is 3.42. The van der Waals surface area contributed by atoms with Gasteiger partial charge in [0.05, 0.1) is 29.9 Å². The maximum Gasteiger partial charge on any atom is 0.269 e. The largest absolute Gasteiger partial charge is 0.391 e. The van der Waals surface area contributed by atoms with Crippen LogP contribution in [0.1, 0.15) is 20.3 Å². The van der Waals surface area contributed by atoms with Crippen molar-refractivity contribution in [2.75, 3.05) is 0 Å². The number of aliphatic hydroxyl groups excluding tert-OH is 1. The molecule has 1 aromatic carbocycles. The smallest absolute Gasteiger partial charge is 0.269 e. The van der Waals surface area contributed by atoms with Crippen LogP contribution in [0.5, 0.6) is 0 Å². The Hall–Kier alpha value is -1.68. The molecule has 0 bridgehead atoms. The van der Waals surface area contributed by atoms with Gasteiger partial charge in [0.25, 0.3) is 5.56 Å². The zero-order valence-electron chi connectivity index (χ0n) is 10.7. The summed E-state index contributed by atoms with van der Waals surface area (Å²) in [6, 6.07) is 7.47. The van der Waals surface area contributed by atoms with Crippen molar-refractivity contribution in [1.82, 2.24) is 9.55 Å². The molecule has 0 radical (unpaired) electrons. The minimum absolute atomic E-state index is 0.170. The summed E-state index contributed by atoms with van der Waals surface area (Å²) < 4.78 is 1.60. The SMILES string of the molecule is CCC(C)C(O)Cn1c(=O)cnc2ccccc21. The molecule has 1 aromatic heterocycles. The van der Waals surface area contributed by atoms with Crippen molar-refractivity contribution in [2.45, 2.75) is 32.9 Å². The molecule has 0 aliphatic heterocycles. The summed E-state index contributed by atoms with van der Waals surface area (Å²) in [6.07, 6.45) is 1.68. The number of aliphatic hydroxyl groups is 1. The molecule has 1 heterocycles. The summed E-state index contributed by atoms with van der Waals surface area (Å²) >= 11 is 0. The predicted octanol–water partition coefficient (Wildman–Crippen LogP) is 1.80. The van der Waals surface area contributed by atoms with E-state index in [1.54, 1.807) is 4.57 Å². The molecule has 0 amide bonds.